The summed E-state index contributed by atoms with van der Waals surface area (Å²) in [4.78, 5) is 14.0. The third kappa shape index (κ3) is 3.56. The van der Waals surface area contributed by atoms with Gasteiger partial charge >= 0.3 is 0 Å². The molecule has 0 N–H and O–H groups in total. The zero-order valence-electron chi connectivity index (χ0n) is 14.2. The van der Waals surface area contributed by atoms with E-state index in [1.54, 1.807) is 0 Å². The minimum atomic E-state index is -3.71. The van der Waals surface area contributed by atoms with Crippen molar-refractivity contribution < 1.29 is 22.3 Å². The molecule has 0 aliphatic carbocycles. The van der Waals surface area contributed by atoms with Gasteiger partial charge in [0.1, 0.15) is 4.90 Å². The molecule has 2 fully saturated rings. The lowest BCUT2D eigenvalue weighted by Gasteiger charge is -2.38. The minimum absolute atomic E-state index is 0.0216. The van der Waals surface area contributed by atoms with E-state index < -0.39 is 21.6 Å². The van der Waals surface area contributed by atoms with Gasteiger partial charge in [-0.05, 0) is 6.92 Å². The van der Waals surface area contributed by atoms with E-state index in [0.29, 0.717) is 32.8 Å². The van der Waals surface area contributed by atoms with Crippen LogP contribution in [-0.4, -0.2) is 78.4 Å². The number of morpholine rings is 1. The molecule has 0 aromatic carbocycles. The van der Waals surface area contributed by atoms with Crippen molar-refractivity contribution in [1.29, 1.82) is 0 Å². The zero-order chi connectivity index (χ0) is 18.1. The van der Waals surface area contributed by atoms with E-state index in [0.717, 1.165) is 0 Å². The number of rotatable bonds is 4. The molecule has 3 rings (SSSR count). The fourth-order valence-corrected chi connectivity index (χ4v) is 4.54. The first-order valence-electron chi connectivity index (χ1n) is 8.45. The summed E-state index contributed by atoms with van der Waals surface area (Å²) in [6.45, 7) is 3.95. The van der Waals surface area contributed by atoms with Crippen LogP contribution in [0, 0.1) is 0 Å². The molecule has 1 aromatic heterocycles. The minimum Gasteiger partial charge on any atom is -0.378 e. The Morgan fingerprint density at radius 1 is 1.28 bits per heavy atom. The first-order valence-corrected chi connectivity index (χ1v) is 9.89. The zero-order valence-corrected chi connectivity index (χ0v) is 15.0. The average Bonchev–Trinajstić information content (AvgIpc) is 3.12. The molecule has 2 aliphatic rings. The van der Waals surface area contributed by atoms with Crippen molar-refractivity contribution in [3.63, 3.8) is 0 Å². The van der Waals surface area contributed by atoms with Crippen molar-refractivity contribution in [3.8, 4) is 0 Å². The topological polar surface area (TPSA) is 84.7 Å². The van der Waals surface area contributed by atoms with Gasteiger partial charge in [0.25, 0.3) is 5.91 Å². The smallest absolute Gasteiger partial charge is 0.260 e. The van der Waals surface area contributed by atoms with Gasteiger partial charge in [-0.3, -0.25) is 9.48 Å². The lowest BCUT2D eigenvalue weighted by Crippen LogP contribution is -2.55. The first-order chi connectivity index (χ1) is 11.9. The van der Waals surface area contributed by atoms with Crippen LogP contribution in [0.4, 0.5) is 4.39 Å². The molecule has 0 atom stereocenters. The molecule has 1 aromatic rings. The highest BCUT2D eigenvalue weighted by Gasteiger charge is 2.46. The Labute approximate surface area is 146 Å². The molecule has 140 valence electrons. The Bertz CT molecular complexity index is 722. The third-order valence-corrected chi connectivity index (χ3v) is 6.62. The molecule has 10 heteroatoms. The van der Waals surface area contributed by atoms with Crippen LogP contribution in [0.2, 0.25) is 0 Å². The van der Waals surface area contributed by atoms with E-state index in [2.05, 4.69) is 5.10 Å². The van der Waals surface area contributed by atoms with E-state index in [-0.39, 0.29) is 30.8 Å². The molecule has 0 saturated carbocycles. The Balaban J connectivity index is 1.67. The van der Waals surface area contributed by atoms with Crippen LogP contribution in [0.1, 0.15) is 19.8 Å². The van der Waals surface area contributed by atoms with E-state index in [9.17, 15) is 13.2 Å². The number of sulfonamides is 1. The molecule has 0 spiro atoms. The molecule has 0 radical (unpaired) electrons. The van der Waals surface area contributed by atoms with Crippen molar-refractivity contribution in [2.45, 2.75) is 36.9 Å². The largest absolute Gasteiger partial charge is 0.378 e. The van der Waals surface area contributed by atoms with Gasteiger partial charge < -0.3 is 9.64 Å². The molecule has 3 heterocycles. The van der Waals surface area contributed by atoms with E-state index in [4.69, 9.17) is 4.74 Å². The van der Waals surface area contributed by atoms with Gasteiger partial charge in [0, 0.05) is 51.8 Å². The Morgan fingerprint density at radius 2 is 1.92 bits per heavy atom. The van der Waals surface area contributed by atoms with Crippen LogP contribution >= 0.6 is 0 Å². The average molecular weight is 374 g/mol. The summed E-state index contributed by atoms with van der Waals surface area (Å²) in [5.41, 5.74) is -2.00. The summed E-state index contributed by atoms with van der Waals surface area (Å²) in [6.07, 6.45) is 2.50. The van der Waals surface area contributed by atoms with Gasteiger partial charge in [0.15, 0.2) is 5.67 Å². The Morgan fingerprint density at radius 3 is 2.48 bits per heavy atom. The van der Waals surface area contributed by atoms with Gasteiger partial charge in [0.2, 0.25) is 10.0 Å². The number of aromatic nitrogens is 2. The molecule has 8 nitrogen and oxygen atoms in total. The van der Waals surface area contributed by atoms with Gasteiger partial charge in [-0.25, -0.2) is 12.8 Å². The second kappa shape index (κ2) is 7.00. The van der Waals surface area contributed by atoms with Gasteiger partial charge in [-0.15, -0.1) is 0 Å². The normalized spacial score (nSPS) is 22.1. The van der Waals surface area contributed by atoms with Gasteiger partial charge in [-0.1, -0.05) is 0 Å². The number of hydrogen-bond donors (Lipinski definition) is 0. The highest BCUT2D eigenvalue weighted by molar-refractivity contribution is 7.89. The molecule has 1 amide bonds. The molecule has 2 saturated heterocycles. The second-order valence-corrected chi connectivity index (χ2v) is 8.24. The molecular formula is C15H23FN4O4S. The predicted octanol–water partition coefficient (Wildman–Crippen LogP) is 0.255. The number of aryl methyl sites for hydroxylation is 1. The maximum Gasteiger partial charge on any atom is 0.260 e. The molecule has 0 unspecified atom stereocenters. The van der Waals surface area contributed by atoms with Crippen molar-refractivity contribution >= 4 is 15.9 Å². The number of amides is 1. The van der Waals surface area contributed by atoms with Crippen molar-refractivity contribution in [2.75, 3.05) is 39.4 Å². The van der Waals surface area contributed by atoms with Crippen LogP contribution in [0.5, 0.6) is 0 Å². The van der Waals surface area contributed by atoms with Crippen molar-refractivity contribution in [2.24, 2.45) is 0 Å². The fourth-order valence-electron chi connectivity index (χ4n) is 3.14. The summed E-state index contributed by atoms with van der Waals surface area (Å²) in [7, 11) is -3.71. The Kier molecular flexibility index (Phi) is 5.12. The highest BCUT2D eigenvalue weighted by atomic mass is 32.2. The number of hydrogen-bond acceptors (Lipinski definition) is 5. The van der Waals surface area contributed by atoms with Gasteiger partial charge in [-0.2, -0.15) is 9.40 Å². The van der Waals surface area contributed by atoms with E-state index in [1.807, 2.05) is 6.92 Å². The Hall–Kier alpha value is -1.52. The van der Waals surface area contributed by atoms with Crippen molar-refractivity contribution in [1.82, 2.24) is 19.0 Å². The molecule has 0 bridgehead atoms. The highest BCUT2D eigenvalue weighted by Crippen LogP contribution is 2.31. The SMILES string of the molecule is CCn1cc(S(=O)(=O)N2CCC(F)(C(=O)N3CCOCC3)CC2)cn1. The van der Waals surface area contributed by atoms with Crippen molar-refractivity contribution in [3.05, 3.63) is 12.4 Å². The maximum absolute atomic E-state index is 15.1. The van der Waals surface area contributed by atoms with Crippen LogP contribution < -0.4 is 0 Å². The predicted molar refractivity (Wildman–Crippen MR) is 87.1 cm³/mol. The van der Waals surface area contributed by atoms with Crippen LogP contribution in [0.15, 0.2) is 17.3 Å². The van der Waals surface area contributed by atoms with Crippen LogP contribution in [-0.2, 0) is 26.1 Å². The quantitative estimate of drug-likeness (QED) is 0.755. The summed E-state index contributed by atoms with van der Waals surface area (Å²) in [5, 5.41) is 3.98. The monoisotopic (exact) mass is 374 g/mol. The number of alkyl halides is 1. The first kappa shape index (κ1) is 18.3. The third-order valence-electron chi connectivity index (χ3n) is 4.77. The summed E-state index contributed by atoms with van der Waals surface area (Å²) < 4.78 is 48.3. The summed E-state index contributed by atoms with van der Waals surface area (Å²) >= 11 is 0. The number of carbonyl (C=O) groups is 1. The lowest BCUT2D eigenvalue weighted by molar-refractivity contribution is -0.150. The maximum atomic E-state index is 15.1. The summed E-state index contributed by atoms with van der Waals surface area (Å²) in [5.74, 6) is -0.549. The lowest BCUT2D eigenvalue weighted by atomic mass is 9.92. The van der Waals surface area contributed by atoms with E-state index >= 15 is 4.39 Å². The standard InChI is InChI=1S/C15H23FN4O4S/c1-2-19-12-13(11-17-19)25(22,23)20-5-3-15(16,4-6-20)14(21)18-7-9-24-10-8-18/h11-12H,2-10H2,1H3. The summed E-state index contributed by atoms with van der Waals surface area (Å²) in [6, 6.07) is 0. The van der Waals surface area contributed by atoms with Crippen LogP contribution in [0.3, 0.4) is 0 Å². The second-order valence-electron chi connectivity index (χ2n) is 6.31. The van der Waals surface area contributed by atoms with Crippen LogP contribution in [0.25, 0.3) is 0 Å². The molecule has 2 aliphatic heterocycles. The number of halogens is 1. The van der Waals surface area contributed by atoms with E-state index in [1.165, 1.54) is 26.3 Å². The number of piperidine rings is 1. The van der Waals surface area contributed by atoms with Gasteiger partial charge in [0.05, 0.1) is 19.4 Å². The number of carbonyl (C=O) groups excluding carboxylic acids is 1. The number of ether oxygens (including phenoxy) is 1. The molecule has 25 heavy (non-hydrogen) atoms. The number of nitrogens with zero attached hydrogens (tertiary/aromatic N) is 4. The fraction of sp³-hybridized carbons (Fsp3) is 0.733. The molecular weight excluding hydrogens is 351 g/mol.